The van der Waals surface area contributed by atoms with E-state index in [-0.39, 0.29) is 0 Å². The molecule has 0 radical (unpaired) electrons. The Morgan fingerprint density at radius 2 is 1.85 bits per heavy atom. The summed E-state index contributed by atoms with van der Waals surface area (Å²) in [5, 5.41) is 21.0. The smallest absolute Gasteiger partial charge is 0.309 e. The molecule has 0 saturated heterocycles. The van der Waals surface area contributed by atoms with Crippen LogP contribution < -0.4 is 9.64 Å². The van der Waals surface area contributed by atoms with Gasteiger partial charge < -0.3 is 14.7 Å². The Bertz CT molecular complexity index is 761. The minimum Gasteiger partial charge on any atom is -0.497 e. The maximum atomic E-state index is 11.9. The average Bonchev–Trinajstić information content (AvgIpc) is 2.67. The van der Waals surface area contributed by atoms with Gasteiger partial charge in [0.2, 0.25) is 0 Å². The van der Waals surface area contributed by atoms with Gasteiger partial charge in [-0.05, 0) is 36.2 Å². The van der Waals surface area contributed by atoms with Crippen LogP contribution >= 0.6 is 0 Å². The molecule has 0 aliphatic carbocycles. The van der Waals surface area contributed by atoms with Crippen molar-refractivity contribution in [2.75, 3.05) is 18.6 Å². The van der Waals surface area contributed by atoms with Gasteiger partial charge in [-0.15, -0.1) is 0 Å². The van der Waals surface area contributed by atoms with Crippen LogP contribution in [0.1, 0.15) is 5.56 Å². The van der Waals surface area contributed by atoms with Gasteiger partial charge in [0.05, 0.1) is 19.1 Å². The number of methoxy groups -OCH3 is 1. The van der Waals surface area contributed by atoms with Gasteiger partial charge in [0.1, 0.15) is 5.75 Å². The highest BCUT2D eigenvalue weighted by Crippen LogP contribution is 2.26. The zero-order valence-electron chi connectivity index (χ0n) is 14.5. The number of carboxylic acids is 1. The maximum absolute atomic E-state index is 11.9. The molecule has 2 unspecified atom stereocenters. The molecule has 0 fully saturated rings. The lowest BCUT2D eigenvalue weighted by atomic mass is 9.91. The van der Waals surface area contributed by atoms with Crippen LogP contribution in [0.4, 0.5) is 5.69 Å². The van der Waals surface area contributed by atoms with E-state index in [4.69, 9.17) is 4.74 Å². The summed E-state index contributed by atoms with van der Waals surface area (Å²) in [5.41, 5.74) is 1.84. The van der Waals surface area contributed by atoms with Gasteiger partial charge in [-0.3, -0.25) is 15.1 Å². The zero-order chi connectivity index (χ0) is 18.5. The lowest BCUT2D eigenvalue weighted by Gasteiger charge is -2.38. The van der Waals surface area contributed by atoms with Gasteiger partial charge in [-0.25, -0.2) is 0 Å². The molecule has 3 rings (SSSR count). The van der Waals surface area contributed by atoms with Crippen molar-refractivity contribution in [2.24, 2.45) is 5.92 Å². The summed E-state index contributed by atoms with van der Waals surface area (Å²) in [6.07, 6.45) is 3.58. The molecule has 1 aliphatic rings. The number of benzene rings is 2. The van der Waals surface area contributed by atoms with E-state index in [1.165, 1.54) is 6.20 Å². The highest BCUT2D eigenvalue weighted by atomic mass is 16.5. The fourth-order valence-corrected chi connectivity index (χ4v) is 3.14. The third-order valence-corrected chi connectivity index (χ3v) is 4.61. The number of aliphatic carboxylic acids is 1. The molecule has 1 heterocycles. The molecule has 0 aromatic heterocycles. The molecule has 2 atom stereocenters. The summed E-state index contributed by atoms with van der Waals surface area (Å²) >= 11 is 0. The number of hydrogen-bond acceptors (Lipinski definition) is 5. The highest BCUT2D eigenvalue weighted by molar-refractivity contribution is 5.71. The molecule has 6 nitrogen and oxygen atoms in total. The molecular weight excluding hydrogens is 332 g/mol. The Morgan fingerprint density at radius 3 is 2.46 bits per heavy atom. The van der Waals surface area contributed by atoms with Crippen molar-refractivity contribution in [3.8, 4) is 5.75 Å². The topological polar surface area (TPSA) is 73.2 Å². The standard InChI is InChI=1S/C20H22N2O4/c1-26-17-9-7-16(8-10-17)21-11-12-22(25)19(14-21)18(20(23)24)13-15-5-3-2-4-6-15/h2-12,18-19,25H,13-14H2,1H3,(H,23,24). The first-order valence-electron chi connectivity index (χ1n) is 8.41. The number of nitrogens with zero attached hydrogens (tertiary/aromatic N) is 2. The molecule has 0 amide bonds. The second-order valence-corrected chi connectivity index (χ2v) is 6.23. The van der Waals surface area contributed by atoms with Crippen LogP contribution in [0.15, 0.2) is 67.0 Å². The molecule has 0 bridgehead atoms. The number of carboxylic acid groups (broad SMARTS) is 1. The van der Waals surface area contributed by atoms with Gasteiger partial charge in [0, 0.05) is 24.6 Å². The van der Waals surface area contributed by atoms with E-state index >= 15 is 0 Å². The number of carbonyl (C=O) groups is 1. The lowest BCUT2D eigenvalue weighted by Crippen LogP contribution is -2.49. The summed E-state index contributed by atoms with van der Waals surface area (Å²) in [7, 11) is 1.61. The van der Waals surface area contributed by atoms with E-state index in [0.717, 1.165) is 22.1 Å². The predicted octanol–water partition coefficient (Wildman–Crippen LogP) is 2.99. The predicted molar refractivity (Wildman–Crippen MR) is 98.2 cm³/mol. The third kappa shape index (κ3) is 3.97. The molecule has 26 heavy (non-hydrogen) atoms. The average molecular weight is 354 g/mol. The number of hydrogen-bond donors (Lipinski definition) is 2. The molecule has 2 N–H and O–H groups in total. The van der Waals surface area contributed by atoms with Crippen LogP contribution in [0.5, 0.6) is 5.75 Å². The van der Waals surface area contributed by atoms with E-state index in [1.54, 1.807) is 13.3 Å². The summed E-state index contributed by atoms with van der Waals surface area (Å²) in [6, 6.07) is 16.4. The quantitative estimate of drug-likeness (QED) is 0.831. The second kappa shape index (κ2) is 7.93. The number of rotatable bonds is 6. The first-order valence-corrected chi connectivity index (χ1v) is 8.41. The Balaban J connectivity index is 1.80. The van der Waals surface area contributed by atoms with Crippen LogP contribution in [-0.2, 0) is 11.2 Å². The van der Waals surface area contributed by atoms with Crippen molar-refractivity contribution in [1.29, 1.82) is 0 Å². The van der Waals surface area contributed by atoms with Crippen molar-refractivity contribution in [2.45, 2.75) is 12.5 Å². The van der Waals surface area contributed by atoms with Crippen LogP contribution in [0.3, 0.4) is 0 Å². The van der Waals surface area contributed by atoms with Crippen LogP contribution in [0.25, 0.3) is 0 Å². The van der Waals surface area contributed by atoms with E-state index in [2.05, 4.69) is 0 Å². The Morgan fingerprint density at radius 1 is 1.15 bits per heavy atom. The first kappa shape index (κ1) is 17.8. The number of ether oxygens (including phenoxy) is 1. The molecule has 0 saturated carbocycles. The van der Waals surface area contributed by atoms with Crippen LogP contribution in [0, 0.1) is 5.92 Å². The lowest BCUT2D eigenvalue weighted by molar-refractivity contribution is -0.153. The van der Waals surface area contributed by atoms with Crippen molar-refractivity contribution >= 4 is 11.7 Å². The van der Waals surface area contributed by atoms with Gasteiger partial charge in [0.15, 0.2) is 0 Å². The Kier molecular flexibility index (Phi) is 5.43. The molecule has 6 heteroatoms. The molecule has 136 valence electrons. The molecule has 0 spiro atoms. The van der Waals surface area contributed by atoms with Gasteiger partial charge in [0.25, 0.3) is 0 Å². The summed E-state index contributed by atoms with van der Waals surface area (Å²) in [6.45, 7) is 0.364. The molecular formula is C20H22N2O4. The number of anilines is 1. The first-order chi connectivity index (χ1) is 12.6. The molecule has 2 aromatic carbocycles. The largest absolute Gasteiger partial charge is 0.497 e. The zero-order valence-corrected chi connectivity index (χ0v) is 14.5. The van der Waals surface area contributed by atoms with Gasteiger partial charge >= 0.3 is 5.97 Å². The van der Waals surface area contributed by atoms with Crippen LogP contribution in [0.2, 0.25) is 0 Å². The third-order valence-electron chi connectivity index (χ3n) is 4.61. The minimum absolute atomic E-state index is 0.349. The SMILES string of the molecule is COc1ccc(N2C=CN(O)C(C(Cc3ccccc3)C(=O)O)C2)cc1. The van der Waals surface area contributed by atoms with E-state index < -0.39 is 17.9 Å². The van der Waals surface area contributed by atoms with Crippen molar-refractivity contribution < 1.29 is 19.8 Å². The van der Waals surface area contributed by atoms with Crippen molar-refractivity contribution in [3.05, 3.63) is 72.6 Å². The van der Waals surface area contributed by atoms with E-state index in [1.807, 2.05) is 59.5 Å². The fraction of sp³-hybridized carbons (Fsp3) is 0.250. The summed E-state index contributed by atoms with van der Waals surface area (Å²) < 4.78 is 5.17. The fourth-order valence-electron chi connectivity index (χ4n) is 3.14. The highest BCUT2D eigenvalue weighted by Gasteiger charge is 2.35. The second-order valence-electron chi connectivity index (χ2n) is 6.23. The Labute approximate surface area is 152 Å². The monoisotopic (exact) mass is 354 g/mol. The van der Waals surface area contributed by atoms with Gasteiger partial charge in [-0.1, -0.05) is 30.3 Å². The van der Waals surface area contributed by atoms with Crippen molar-refractivity contribution in [1.82, 2.24) is 5.06 Å². The molecule has 2 aromatic rings. The van der Waals surface area contributed by atoms with Crippen molar-refractivity contribution in [3.63, 3.8) is 0 Å². The number of hydroxylamine groups is 2. The Hall–Kier alpha value is -2.99. The van der Waals surface area contributed by atoms with Crippen LogP contribution in [-0.4, -0.2) is 41.0 Å². The maximum Gasteiger partial charge on any atom is 0.309 e. The van der Waals surface area contributed by atoms with Gasteiger partial charge in [-0.2, -0.15) is 0 Å². The summed E-state index contributed by atoms with van der Waals surface area (Å²) in [5.74, 6) is -0.918. The van der Waals surface area contributed by atoms with E-state index in [0.29, 0.717) is 13.0 Å². The molecule has 1 aliphatic heterocycles. The normalized spacial score (nSPS) is 17.8. The summed E-state index contributed by atoms with van der Waals surface area (Å²) in [4.78, 5) is 13.8. The minimum atomic E-state index is -0.928. The van der Waals surface area contributed by atoms with E-state index in [9.17, 15) is 15.1 Å².